The van der Waals surface area contributed by atoms with Crippen molar-refractivity contribution in [2.45, 2.75) is 44.9 Å². The average Bonchev–Trinajstić information content (AvgIpc) is 2.36. The number of hydrogen-bond acceptors (Lipinski definition) is 6. The molecule has 7 heteroatoms. The Balaban J connectivity index is 2.37. The summed E-state index contributed by atoms with van der Waals surface area (Å²) in [5, 5.41) is 0. The summed E-state index contributed by atoms with van der Waals surface area (Å²) >= 11 is 0. The predicted molar refractivity (Wildman–Crippen MR) is 78.0 cm³/mol. The van der Waals surface area contributed by atoms with Gasteiger partial charge in [0.05, 0.1) is 25.9 Å². The number of methoxy groups -OCH3 is 1. The highest BCUT2D eigenvalue weighted by molar-refractivity contribution is 5.68. The molecule has 0 aromatic heterocycles. The Labute approximate surface area is 126 Å². The number of ether oxygens (including phenoxy) is 4. The minimum absolute atomic E-state index is 0.116. The Kier molecular flexibility index (Phi) is 7.37. The highest BCUT2D eigenvalue weighted by Crippen LogP contribution is 2.16. The van der Waals surface area contributed by atoms with E-state index in [9.17, 15) is 4.79 Å². The number of amides is 1. The number of likely N-dealkylation sites (tertiary alicyclic amines) is 1. The van der Waals surface area contributed by atoms with Crippen LogP contribution in [0, 0.1) is 0 Å². The molecule has 124 valence electrons. The van der Waals surface area contributed by atoms with Gasteiger partial charge in [-0.15, -0.1) is 0 Å². The fourth-order valence-electron chi connectivity index (χ4n) is 2.03. The maximum atomic E-state index is 12.1. The first-order valence-corrected chi connectivity index (χ1v) is 7.23. The van der Waals surface area contributed by atoms with Crippen LogP contribution in [0.4, 0.5) is 4.79 Å². The Hall–Kier alpha value is -0.890. The van der Waals surface area contributed by atoms with Crippen LogP contribution in [0.5, 0.6) is 0 Å². The second-order valence-electron chi connectivity index (χ2n) is 6.19. The molecule has 0 aromatic rings. The van der Waals surface area contributed by atoms with Gasteiger partial charge in [-0.3, -0.25) is 0 Å². The van der Waals surface area contributed by atoms with Gasteiger partial charge in [0.25, 0.3) is 0 Å². The molecule has 1 rings (SSSR count). The molecule has 7 nitrogen and oxygen atoms in total. The monoisotopic (exact) mass is 304 g/mol. The van der Waals surface area contributed by atoms with Crippen LogP contribution >= 0.6 is 0 Å². The van der Waals surface area contributed by atoms with Gasteiger partial charge in [0.1, 0.15) is 12.4 Å². The molecular formula is C14H28N2O5. The third kappa shape index (κ3) is 7.61. The van der Waals surface area contributed by atoms with E-state index in [0.29, 0.717) is 32.7 Å². The molecule has 21 heavy (non-hydrogen) atoms. The highest BCUT2D eigenvalue weighted by atomic mass is 16.7. The fourth-order valence-corrected chi connectivity index (χ4v) is 2.03. The van der Waals surface area contributed by atoms with Crippen LogP contribution in [0.2, 0.25) is 0 Å². The summed E-state index contributed by atoms with van der Waals surface area (Å²) in [4.78, 5) is 13.7. The van der Waals surface area contributed by atoms with Gasteiger partial charge in [-0.1, -0.05) is 0 Å². The Morgan fingerprint density at radius 3 is 2.62 bits per heavy atom. The maximum absolute atomic E-state index is 12.1. The zero-order valence-corrected chi connectivity index (χ0v) is 13.5. The topological polar surface area (TPSA) is 83.3 Å². The summed E-state index contributed by atoms with van der Waals surface area (Å²) in [7, 11) is 1.61. The first kappa shape index (κ1) is 18.2. The van der Waals surface area contributed by atoms with E-state index in [0.717, 1.165) is 0 Å². The lowest BCUT2D eigenvalue weighted by Crippen LogP contribution is -2.53. The second-order valence-corrected chi connectivity index (χ2v) is 6.19. The van der Waals surface area contributed by atoms with Crippen LogP contribution in [0.1, 0.15) is 27.2 Å². The number of carbonyl (C=O) groups is 1. The first-order valence-electron chi connectivity index (χ1n) is 7.23. The SMILES string of the molecule is COCCOCO[C@H]1C[C@H](N)CN(C(=O)OC(C)(C)C)C1. The minimum atomic E-state index is -0.516. The zero-order chi connectivity index (χ0) is 15.9. The summed E-state index contributed by atoms with van der Waals surface area (Å²) in [6.07, 6.45) is 0.211. The van der Waals surface area contributed by atoms with E-state index < -0.39 is 5.60 Å². The van der Waals surface area contributed by atoms with E-state index >= 15 is 0 Å². The molecule has 1 heterocycles. The lowest BCUT2D eigenvalue weighted by molar-refractivity contribution is -0.114. The number of hydrogen-bond donors (Lipinski definition) is 1. The molecule has 0 radical (unpaired) electrons. The quantitative estimate of drug-likeness (QED) is 0.581. The summed E-state index contributed by atoms with van der Waals surface area (Å²) < 4.78 is 21.1. The van der Waals surface area contributed by atoms with Crippen molar-refractivity contribution in [2.24, 2.45) is 5.73 Å². The summed E-state index contributed by atoms with van der Waals surface area (Å²) in [5.41, 5.74) is 5.46. The van der Waals surface area contributed by atoms with E-state index in [-0.39, 0.29) is 25.0 Å². The number of carbonyl (C=O) groups excluding carboxylic acids is 1. The molecule has 1 amide bonds. The van der Waals surface area contributed by atoms with Gasteiger partial charge in [-0.2, -0.15) is 0 Å². The zero-order valence-electron chi connectivity index (χ0n) is 13.5. The maximum Gasteiger partial charge on any atom is 0.410 e. The second kappa shape index (κ2) is 8.53. The molecule has 0 aromatic carbocycles. The van der Waals surface area contributed by atoms with E-state index in [1.807, 2.05) is 20.8 Å². The summed E-state index contributed by atoms with van der Waals surface area (Å²) in [6.45, 7) is 7.65. The Morgan fingerprint density at radius 1 is 1.29 bits per heavy atom. The third-order valence-corrected chi connectivity index (χ3v) is 2.92. The molecule has 1 aliphatic heterocycles. The highest BCUT2D eigenvalue weighted by Gasteiger charge is 2.31. The molecular weight excluding hydrogens is 276 g/mol. The van der Waals surface area contributed by atoms with Crippen LogP contribution in [0.15, 0.2) is 0 Å². The molecule has 0 bridgehead atoms. The van der Waals surface area contributed by atoms with E-state index in [1.54, 1.807) is 12.0 Å². The molecule has 1 fully saturated rings. The van der Waals surface area contributed by atoms with Crippen LogP contribution in [-0.4, -0.2) is 68.9 Å². The molecule has 2 atom stereocenters. The van der Waals surface area contributed by atoms with Crippen LogP contribution in [0.3, 0.4) is 0 Å². The number of piperidine rings is 1. The summed E-state index contributed by atoms with van der Waals surface area (Å²) in [5.74, 6) is 0. The van der Waals surface area contributed by atoms with Gasteiger partial charge < -0.3 is 29.6 Å². The molecule has 0 aliphatic carbocycles. The van der Waals surface area contributed by atoms with Crippen molar-refractivity contribution in [3.05, 3.63) is 0 Å². The van der Waals surface area contributed by atoms with E-state index in [1.165, 1.54) is 0 Å². The average molecular weight is 304 g/mol. The van der Waals surface area contributed by atoms with E-state index in [4.69, 9.17) is 24.7 Å². The van der Waals surface area contributed by atoms with Crippen molar-refractivity contribution in [3.63, 3.8) is 0 Å². The molecule has 2 N–H and O–H groups in total. The fraction of sp³-hybridized carbons (Fsp3) is 0.929. The van der Waals surface area contributed by atoms with E-state index in [2.05, 4.69) is 0 Å². The lowest BCUT2D eigenvalue weighted by Gasteiger charge is -2.36. The van der Waals surface area contributed by atoms with Gasteiger partial charge in [-0.05, 0) is 27.2 Å². The van der Waals surface area contributed by atoms with Crippen LogP contribution in [-0.2, 0) is 18.9 Å². The van der Waals surface area contributed by atoms with Crippen molar-refractivity contribution < 1.29 is 23.7 Å². The van der Waals surface area contributed by atoms with Gasteiger partial charge in [-0.25, -0.2) is 4.79 Å². The van der Waals surface area contributed by atoms with Gasteiger partial charge in [0, 0.05) is 19.7 Å². The van der Waals surface area contributed by atoms with Gasteiger partial charge >= 0.3 is 6.09 Å². The number of nitrogens with zero attached hydrogens (tertiary/aromatic N) is 1. The number of nitrogens with two attached hydrogens (primary N) is 1. The van der Waals surface area contributed by atoms with Crippen LogP contribution in [0.25, 0.3) is 0 Å². The van der Waals surface area contributed by atoms with Crippen molar-refractivity contribution in [1.82, 2.24) is 4.90 Å². The minimum Gasteiger partial charge on any atom is -0.444 e. The first-order chi connectivity index (χ1) is 9.81. The van der Waals surface area contributed by atoms with Crippen molar-refractivity contribution in [2.75, 3.05) is 40.2 Å². The predicted octanol–water partition coefficient (Wildman–Crippen LogP) is 0.960. The Morgan fingerprint density at radius 2 is 2.00 bits per heavy atom. The number of rotatable bonds is 6. The Bertz CT molecular complexity index is 319. The molecule has 0 unspecified atom stereocenters. The lowest BCUT2D eigenvalue weighted by atomic mass is 10.0. The summed E-state index contributed by atoms with van der Waals surface area (Å²) in [6, 6.07) is -0.116. The third-order valence-electron chi connectivity index (χ3n) is 2.92. The molecule has 0 saturated carbocycles. The van der Waals surface area contributed by atoms with Crippen molar-refractivity contribution in [1.29, 1.82) is 0 Å². The molecule has 1 saturated heterocycles. The smallest absolute Gasteiger partial charge is 0.410 e. The van der Waals surface area contributed by atoms with Crippen molar-refractivity contribution in [3.8, 4) is 0 Å². The van der Waals surface area contributed by atoms with Gasteiger partial charge in [0.15, 0.2) is 0 Å². The normalized spacial score (nSPS) is 23.2. The van der Waals surface area contributed by atoms with Gasteiger partial charge in [0.2, 0.25) is 0 Å². The van der Waals surface area contributed by atoms with Crippen LogP contribution < -0.4 is 5.73 Å². The largest absolute Gasteiger partial charge is 0.444 e. The standard InChI is InChI=1S/C14H28N2O5/c1-14(2,3)21-13(17)16-8-11(15)7-12(9-16)20-10-19-6-5-18-4/h11-12H,5-10,15H2,1-4H3/t11-,12-/m0/s1. The van der Waals surface area contributed by atoms with Crippen molar-refractivity contribution >= 4 is 6.09 Å². The molecule has 1 aliphatic rings. The molecule has 0 spiro atoms.